The van der Waals surface area contributed by atoms with Gasteiger partial charge in [-0.15, -0.1) is 0 Å². The third-order valence-electron chi connectivity index (χ3n) is 1.02. The summed E-state index contributed by atoms with van der Waals surface area (Å²) in [4.78, 5) is 0. The van der Waals surface area contributed by atoms with Crippen LogP contribution in [0.4, 0.5) is 0 Å². The van der Waals surface area contributed by atoms with Crippen LogP contribution >= 0.6 is 0 Å². The first-order chi connectivity index (χ1) is 4.66. The largest absolute Gasteiger partial charge is 0.328 e. The van der Waals surface area contributed by atoms with Crippen molar-refractivity contribution in [1.29, 1.82) is 0 Å². The van der Waals surface area contributed by atoms with Crippen molar-refractivity contribution in [2.75, 3.05) is 6.54 Å². The Morgan fingerprint density at radius 2 is 2.10 bits per heavy atom. The molecule has 60 valence electrons. The van der Waals surface area contributed by atoms with E-state index in [1.165, 1.54) is 0 Å². The molecular weight excluding hydrogens is 126 g/mol. The molecule has 10 heavy (non-hydrogen) atoms. The lowest BCUT2D eigenvalue weighted by molar-refractivity contribution is 0.581. The molecule has 0 amide bonds. The Kier molecular flexibility index (Phi) is 4.94. The zero-order valence-corrected chi connectivity index (χ0v) is 6.96. The normalized spacial score (nSPS) is 14.5. The van der Waals surface area contributed by atoms with E-state index in [1.54, 1.807) is 0 Å². The van der Waals surface area contributed by atoms with Gasteiger partial charge in [-0.1, -0.05) is 13.8 Å². The number of hydrazone groups is 1. The maximum atomic E-state index is 5.35. The zero-order chi connectivity index (χ0) is 7.98. The molecule has 0 aromatic heterocycles. The summed E-state index contributed by atoms with van der Waals surface area (Å²) in [5.74, 6) is 0.498. The molecule has 0 aromatic rings. The van der Waals surface area contributed by atoms with Gasteiger partial charge in [0.2, 0.25) is 0 Å². The van der Waals surface area contributed by atoms with Crippen molar-refractivity contribution in [2.45, 2.75) is 26.8 Å². The number of nitrogens with two attached hydrogens (primary N) is 1. The fraction of sp³-hybridized carbons (Fsp3) is 0.857. The lowest BCUT2D eigenvalue weighted by Crippen LogP contribution is -2.29. The van der Waals surface area contributed by atoms with E-state index in [-0.39, 0.29) is 6.04 Å². The minimum Gasteiger partial charge on any atom is -0.328 e. The van der Waals surface area contributed by atoms with Gasteiger partial charge in [0.05, 0.1) is 6.04 Å². The van der Waals surface area contributed by atoms with E-state index in [1.807, 2.05) is 13.1 Å². The first-order valence-electron chi connectivity index (χ1n) is 3.65. The molecule has 3 nitrogen and oxygen atoms in total. The van der Waals surface area contributed by atoms with Crippen LogP contribution in [0.5, 0.6) is 0 Å². The number of hydrogen-bond acceptors (Lipinski definition) is 3. The molecule has 3 N–H and O–H groups in total. The van der Waals surface area contributed by atoms with E-state index < -0.39 is 0 Å². The minimum absolute atomic E-state index is 0.273. The maximum Gasteiger partial charge on any atom is 0.0534 e. The topological polar surface area (TPSA) is 50.4 Å². The van der Waals surface area contributed by atoms with Crippen molar-refractivity contribution in [3.05, 3.63) is 0 Å². The Balaban J connectivity index is 3.33. The van der Waals surface area contributed by atoms with Crippen molar-refractivity contribution in [2.24, 2.45) is 16.8 Å². The Labute approximate surface area is 62.7 Å². The summed E-state index contributed by atoms with van der Waals surface area (Å²) in [6, 6.07) is 0.273. The molecule has 0 fully saturated rings. The summed E-state index contributed by atoms with van der Waals surface area (Å²) >= 11 is 0. The predicted octanol–water partition coefficient (Wildman–Crippen LogP) is 0.565. The van der Waals surface area contributed by atoms with Crippen LogP contribution < -0.4 is 11.2 Å². The second-order valence-electron chi connectivity index (χ2n) is 2.79. The van der Waals surface area contributed by atoms with Crippen LogP contribution in [0, 0.1) is 5.92 Å². The summed E-state index contributed by atoms with van der Waals surface area (Å²) in [5, 5.41) is 3.99. The van der Waals surface area contributed by atoms with E-state index in [9.17, 15) is 0 Å². The van der Waals surface area contributed by atoms with Crippen molar-refractivity contribution in [3.63, 3.8) is 0 Å². The van der Waals surface area contributed by atoms with E-state index in [0.29, 0.717) is 12.5 Å². The summed E-state index contributed by atoms with van der Waals surface area (Å²) < 4.78 is 0. The first kappa shape index (κ1) is 9.43. The van der Waals surface area contributed by atoms with E-state index in [0.717, 1.165) is 0 Å². The Bertz CT molecular complexity index is 99.0. The number of hydrogen-bond donors (Lipinski definition) is 2. The second-order valence-corrected chi connectivity index (χ2v) is 2.79. The highest BCUT2D eigenvalue weighted by atomic mass is 15.3. The third-order valence-corrected chi connectivity index (χ3v) is 1.02. The maximum absolute atomic E-state index is 5.35. The predicted molar refractivity (Wildman–Crippen MR) is 45.0 cm³/mol. The van der Waals surface area contributed by atoms with Crippen LogP contribution in [0.25, 0.3) is 0 Å². The van der Waals surface area contributed by atoms with Gasteiger partial charge in [-0.2, -0.15) is 5.10 Å². The Morgan fingerprint density at radius 3 is 2.50 bits per heavy atom. The quantitative estimate of drug-likeness (QED) is 0.446. The smallest absolute Gasteiger partial charge is 0.0534 e. The molecule has 0 aromatic carbocycles. The van der Waals surface area contributed by atoms with Crippen LogP contribution in [-0.4, -0.2) is 18.8 Å². The fourth-order valence-electron chi connectivity index (χ4n) is 0.372. The van der Waals surface area contributed by atoms with Crippen molar-refractivity contribution < 1.29 is 0 Å². The molecule has 0 aliphatic carbocycles. The first-order valence-corrected chi connectivity index (χ1v) is 3.65. The summed E-state index contributed by atoms with van der Waals surface area (Å²) in [6.07, 6.45) is 1.87. The summed E-state index contributed by atoms with van der Waals surface area (Å²) in [5.41, 5.74) is 8.26. The van der Waals surface area contributed by atoms with Crippen LogP contribution in [0.2, 0.25) is 0 Å². The highest BCUT2D eigenvalue weighted by Crippen LogP contribution is 1.83. The molecule has 1 atom stereocenters. The molecule has 0 aliphatic rings. The van der Waals surface area contributed by atoms with Crippen LogP contribution in [-0.2, 0) is 0 Å². The molecular formula is C7H17N3. The lowest BCUT2D eigenvalue weighted by atomic mass is 10.3. The summed E-state index contributed by atoms with van der Waals surface area (Å²) in [6.45, 7) is 6.78. The molecule has 0 rings (SSSR count). The van der Waals surface area contributed by atoms with Crippen LogP contribution in [0.3, 0.4) is 0 Å². The average Bonchev–Trinajstić information content (AvgIpc) is 1.87. The molecule has 0 heterocycles. The molecule has 3 heteroatoms. The average molecular weight is 143 g/mol. The molecule has 0 spiro atoms. The van der Waals surface area contributed by atoms with Gasteiger partial charge in [0.1, 0.15) is 0 Å². The molecule has 0 bridgehead atoms. The molecule has 0 radical (unpaired) electrons. The highest BCUT2D eigenvalue weighted by molar-refractivity contribution is 5.59. The summed E-state index contributed by atoms with van der Waals surface area (Å²) in [7, 11) is 0. The lowest BCUT2D eigenvalue weighted by Gasteiger charge is -2.06. The second kappa shape index (κ2) is 5.23. The Morgan fingerprint density at radius 1 is 1.50 bits per heavy atom. The van der Waals surface area contributed by atoms with Gasteiger partial charge >= 0.3 is 0 Å². The van der Waals surface area contributed by atoms with Gasteiger partial charge in [0.15, 0.2) is 0 Å². The molecule has 0 saturated carbocycles. The van der Waals surface area contributed by atoms with Gasteiger partial charge in [0.25, 0.3) is 0 Å². The molecule has 1 unspecified atom stereocenters. The van der Waals surface area contributed by atoms with Crippen LogP contribution in [0.1, 0.15) is 20.8 Å². The van der Waals surface area contributed by atoms with E-state index in [4.69, 9.17) is 5.73 Å². The number of nitrogens with one attached hydrogen (secondary N) is 1. The van der Waals surface area contributed by atoms with Gasteiger partial charge in [-0.25, -0.2) is 0 Å². The number of nitrogens with zero attached hydrogens (tertiary/aromatic N) is 1. The van der Waals surface area contributed by atoms with Crippen molar-refractivity contribution >= 4 is 6.21 Å². The van der Waals surface area contributed by atoms with Gasteiger partial charge < -0.3 is 11.2 Å². The van der Waals surface area contributed by atoms with Crippen molar-refractivity contribution in [1.82, 2.24) is 5.43 Å². The van der Waals surface area contributed by atoms with E-state index >= 15 is 0 Å². The fourth-order valence-corrected chi connectivity index (χ4v) is 0.372. The monoisotopic (exact) mass is 143 g/mol. The zero-order valence-electron chi connectivity index (χ0n) is 6.96. The SMILES string of the molecule is CC(C)/C=N\NC(C)CN. The van der Waals surface area contributed by atoms with Gasteiger partial charge in [0, 0.05) is 12.8 Å². The number of rotatable bonds is 4. The van der Waals surface area contributed by atoms with Crippen molar-refractivity contribution in [3.8, 4) is 0 Å². The minimum atomic E-state index is 0.273. The molecule has 0 saturated heterocycles. The molecule has 0 aliphatic heterocycles. The van der Waals surface area contributed by atoms with Gasteiger partial charge in [-0.05, 0) is 12.8 Å². The Hall–Kier alpha value is -0.570. The van der Waals surface area contributed by atoms with Gasteiger partial charge in [-0.3, -0.25) is 0 Å². The van der Waals surface area contributed by atoms with E-state index in [2.05, 4.69) is 24.4 Å². The third kappa shape index (κ3) is 5.56. The standard InChI is InChI=1S/C7H17N3/c1-6(2)5-9-10-7(3)4-8/h5-7,10H,4,8H2,1-3H3/b9-5-. The highest BCUT2D eigenvalue weighted by Gasteiger charge is 1.91. The van der Waals surface area contributed by atoms with Crippen LogP contribution in [0.15, 0.2) is 5.10 Å².